The van der Waals surface area contributed by atoms with Crippen LogP contribution in [0.1, 0.15) is 5.69 Å². The van der Waals surface area contributed by atoms with Crippen molar-refractivity contribution in [1.29, 1.82) is 0 Å². The third-order valence-electron chi connectivity index (χ3n) is 3.77. The molecule has 28 heavy (non-hydrogen) atoms. The minimum Gasteiger partial charge on any atom is -0.301 e. The zero-order valence-electron chi connectivity index (χ0n) is 14.9. The van der Waals surface area contributed by atoms with Gasteiger partial charge in [-0.1, -0.05) is 30.0 Å². The lowest BCUT2D eigenvalue weighted by Gasteiger charge is -2.10. The number of nitrogens with one attached hydrogen (secondary N) is 1. The normalized spacial score (nSPS) is 10.8. The van der Waals surface area contributed by atoms with E-state index in [1.165, 1.54) is 23.1 Å². The smallest absolute Gasteiger partial charge is 0.236 e. The van der Waals surface area contributed by atoms with Crippen LogP contribution in [0.2, 0.25) is 0 Å². The van der Waals surface area contributed by atoms with E-state index in [0.29, 0.717) is 16.1 Å². The number of pyridine rings is 1. The first-order valence-electron chi connectivity index (χ1n) is 8.47. The van der Waals surface area contributed by atoms with Crippen LogP contribution in [0.4, 0.5) is 5.13 Å². The molecule has 0 atom stereocenters. The van der Waals surface area contributed by atoms with Gasteiger partial charge in [-0.05, 0) is 31.2 Å². The Hall–Kier alpha value is -3.04. The van der Waals surface area contributed by atoms with Crippen molar-refractivity contribution in [3.8, 4) is 17.1 Å². The topological polar surface area (TPSA) is 85.6 Å². The lowest BCUT2D eigenvalue weighted by Crippen LogP contribution is -2.14. The number of benzene rings is 1. The van der Waals surface area contributed by atoms with Crippen molar-refractivity contribution in [1.82, 2.24) is 24.7 Å². The Kier molecular flexibility index (Phi) is 5.45. The minimum atomic E-state index is -0.134. The van der Waals surface area contributed by atoms with Crippen molar-refractivity contribution in [2.24, 2.45) is 0 Å². The van der Waals surface area contributed by atoms with Crippen molar-refractivity contribution in [2.45, 2.75) is 12.1 Å². The summed E-state index contributed by atoms with van der Waals surface area (Å²) in [6.07, 6.45) is 3.46. The molecule has 4 aromatic rings. The molecule has 140 valence electrons. The summed E-state index contributed by atoms with van der Waals surface area (Å²) >= 11 is 2.73. The summed E-state index contributed by atoms with van der Waals surface area (Å²) in [4.78, 5) is 20.7. The van der Waals surface area contributed by atoms with E-state index >= 15 is 0 Å². The highest BCUT2D eigenvalue weighted by Crippen LogP contribution is 2.27. The molecular weight excluding hydrogens is 392 g/mol. The molecule has 4 rings (SSSR count). The van der Waals surface area contributed by atoms with Gasteiger partial charge in [0, 0.05) is 29.0 Å². The Morgan fingerprint density at radius 2 is 2.04 bits per heavy atom. The van der Waals surface area contributed by atoms with Gasteiger partial charge in [0.05, 0.1) is 11.4 Å². The fourth-order valence-corrected chi connectivity index (χ4v) is 4.01. The molecule has 0 spiro atoms. The summed E-state index contributed by atoms with van der Waals surface area (Å²) in [5.74, 6) is 0.749. The number of aromatic nitrogens is 5. The maximum Gasteiger partial charge on any atom is 0.236 e. The third kappa shape index (κ3) is 4.10. The van der Waals surface area contributed by atoms with Gasteiger partial charge in [-0.3, -0.25) is 14.3 Å². The molecule has 0 aliphatic rings. The van der Waals surface area contributed by atoms with Gasteiger partial charge >= 0.3 is 0 Å². The number of thioether (sulfide) groups is 1. The summed E-state index contributed by atoms with van der Waals surface area (Å²) in [6.45, 7) is 1.89. The van der Waals surface area contributed by atoms with Crippen molar-refractivity contribution < 1.29 is 4.79 Å². The van der Waals surface area contributed by atoms with Gasteiger partial charge in [0.15, 0.2) is 16.1 Å². The highest BCUT2D eigenvalue weighted by atomic mass is 32.2. The van der Waals surface area contributed by atoms with E-state index in [0.717, 1.165) is 16.9 Å². The van der Waals surface area contributed by atoms with Crippen LogP contribution in [0.25, 0.3) is 17.1 Å². The first-order chi connectivity index (χ1) is 13.7. The molecule has 9 heteroatoms. The van der Waals surface area contributed by atoms with Crippen LogP contribution in [0.3, 0.4) is 0 Å². The molecule has 0 aliphatic heterocycles. The Labute approximate surface area is 169 Å². The summed E-state index contributed by atoms with van der Waals surface area (Å²) in [5, 5.41) is 14.6. The maximum atomic E-state index is 12.3. The van der Waals surface area contributed by atoms with Crippen LogP contribution in [0, 0.1) is 6.92 Å². The predicted molar refractivity (Wildman–Crippen MR) is 111 cm³/mol. The van der Waals surface area contributed by atoms with E-state index < -0.39 is 0 Å². The fourth-order valence-electron chi connectivity index (χ4n) is 2.55. The summed E-state index contributed by atoms with van der Waals surface area (Å²) < 4.78 is 1.93. The first kappa shape index (κ1) is 18.3. The van der Waals surface area contributed by atoms with Gasteiger partial charge in [0.25, 0.3) is 0 Å². The van der Waals surface area contributed by atoms with Crippen molar-refractivity contribution >= 4 is 34.1 Å². The SMILES string of the molecule is Cc1csc(NC(=O)CSc2nnc(-c3cccnc3)n2-c2ccccc2)n1. The number of nitrogens with zero attached hydrogens (tertiary/aromatic N) is 5. The van der Waals surface area contributed by atoms with E-state index in [9.17, 15) is 4.79 Å². The number of carbonyl (C=O) groups is 1. The number of anilines is 1. The van der Waals surface area contributed by atoms with Crippen molar-refractivity contribution in [3.05, 3.63) is 65.9 Å². The molecule has 1 amide bonds. The lowest BCUT2D eigenvalue weighted by atomic mass is 10.2. The van der Waals surface area contributed by atoms with Gasteiger partial charge in [-0.15, -0.1) is 21.5 Å². The van der Waals surface area contributed by atoms with Gasteiger partial charge in [0.1, 0.15) is 0 Å². The van der Waals surface area contributed by atoms with Crippen LogP contribution in [-0.4, -0.2) is 36.4 Å². The van der Waals surface area contributed by atoms with Crippen LogP contribution in [0.15, 0.2) is 65.4 Å². The molecule has 3 aromatic heterocycles. The second kappa shape index (κ2) is 8.32. The molecule has 0 saturated carbocycles. The van der Waals surface area contributed by atoms with Gasteiger partial charge in [0.2, 0.25) is 5.91 Å². The van der Waals surface area contributed by atoms with Gasteiger partial charge in [-0.25, -0.2) is 4.98 Å². The molecule has 1 aromatic carbocycles. The zero-order valence-corrected chi connectivity index (χ0v) is 16.6. The minimum absolute atomic E-state index is 0.134. The number of para-hydroxylation sites is 1. The predicted octanol–water partition coefficient (Wildman–Crippen LogP) is 3.83. The Bertz CT molecular complexity index is 1080. The highest BCUT2D eigenvalue weighted by molar-refractivity contribution is 7.99. The fraction of sp³-hybridized carbons (Fsp3) is 0.105. The highest BCUT2D eigenvalue weighted by Gasteiger charge is 2.17. The first-order valence-corrected chi connectivity index (χ1v) is 10.3. The van der Waals surface area contributed by atoms with E-state index in [-0.39, 0.29) is 11.7 Å². The number of rotatable bonds is 6. The largest absolute Gasteiger partial charge is 0.301 e. The molecule has 3 heterocycles. The number of thiazole rings is 1. The second-order valence-corrected chi connectivity index (χ2v) is 7.65. The summed E-state index contributed by atoms with van der Waals surface area (Å²) in [6, 6.07) is 13.6. The number of hydrogen-bond donors (Lipinski definition) is 1. The average Bonchev–Trinajstić information content (AvgIpc) is 3.33. The van der Waals surface area contributed by atoms with E-state index in [1.807, 2.05) is 59.3 Å². The Morgan fingerprint density at radius 1 is 1.18 bits per heavy atom. The van der Waals surface area contributed by atoms with Crippen LogP contribution in [-0.2, 0) is 4.79 Å². The summed E-state index contributed by atoms with van der Waals surface area (Å²) in [7, 11) is 0. The van der Waals surface area contributed by atoms with Gasteiger partial charge in [-0.2, -0.15) is 0 Å². The van der Waals surface area contributed by atoms with E-state index in [2.05, 4.69) is 25.5 Å². The number of carbonyl (C=O) groups excluding carboxylic acids is 1. The van der Waals surface area contributed by atoms with Crippen LogP contribution < -0.4 is 5.32 Å². The van der Waals surface area contributed by atoms with E-state index in [4.69, 9.17) is 0 Å². The Morgan fingerprint density at radius 3 is 2.75 bits per heavy atom. The maximum absolute atomic E-state index is 12.3. The molecule has 0 radical (unpaired) electrons. The monoisotopic (exact) mass is 408 g/mol. The molecule has 0 fully saturated rings. The van der Waals surface area contributed by atoms with Crippen LogP contribution >= 0.6 is 23.1 Å². The zero-order chi connectivity index (χ0) is 19.3. The molecule has 7 nitrogen and oxygen atoms in total. The molecule has 0 unspecified atom stereocenters. The van der Waals surface area contributed by atoms with Crippen molar-refractivity contribution in [3.63, 3.8) is 0 Å². The number of amides is 1. The molecular formula is C19H16N6OS2. The average molecular weight is 409 g/mol. The molecule has 0 aliphatic carbocycles. The van der Waals surface area contributed by atoms with E-state index in [1.54, 1.807) is 12.4 Å². The molecule has 1 N–H and O–H groups in total. The standard InChI is InChI=1S/C19H16N6OS2/c1-13-11-27-18(21-13)22-16(26)12-28-19-24-23-17(14-6-5-9-20-10-14)25(19)15-7-3-2-4-8-15/h2-11H,12H2,1H3,(H,21,22,26). The third-order valence-corrected chi connectivity index (χ3v) is 5.57. The van der Waals surface area contributed by atoms with Gasteiger partial charge < -0.3 is 5.32 Å². The van der Waals surface area contributed by atoms with Crippen LogP contribution in [0.5, 0.6) is 0 Å². The number of hydrogen-bond acceptors (Lipinski definition) is 7. The second-order valence-electron chi connectivity index (χ2n) is 5.85. The Balaban J connectivity index is 1.58. The van der Waals surface area contributed by atoms with Crippen molar-refractivity contribution in [2.75, 3.05) is 11.1 Å². The molecule has 0 bridgehead atoms. The lowest BCUT2D eigenvalue weighted by molar-refractivity contribution is -0.113. The molecule has 0 saturated heterocycles. The quantitative estimate of drug-likeness (QED) is 0.488. The summed E-state index contributed by atoms with van der Waals surface area (Å²) in [5.41, 5.74) is 2.66. The number of aryl methyl sites for hydroxylation is 1.